The highest BCUT2D eigenvalue weighted by atomic mass is 16.5. The molecule has 0 saturated heterocycles. The van der Waals surface area contributed by atoms with E-state index in [9.17, 15) is 0 Å². The molecule has 2 aromatic rings. The molecule has 0 aromatic carbocycles. The lowest BCUT2D eigenvalue weighted by molar-refractivity contribution is 0.369. The SMILES string of the molecule is Cc1nn(C)cc1-c1cc(C(C)N)on1. The van der Waals surface area contributed by atoms with Gasteiger partial charge in [-0.05, 0) is 13.8 Å². The summed E-state index contributed by atoms with van der Waals surface area (Å²) >= 11 is 0. The van der Waals surface area contributed by atoms with Gasteiger partial charge in [0.15, 0.2) is 5.76 Å². The molecule has 0 saturated carbocycles. The van der Waals surface area contributed by atoms with Crippen LogP contribution in [0, 0.1) is 6.92 Å². The third-order valence-electron chi connectivity index (χ3n) is 2.27. The zero-order chi connectivity index (χ0) is 11.0. The van der Waals surface area contributed by atoms with Crippen LogP contribution in [0.1, 0.15) is 24.4 Å². The summed E-state index contributed by atoms with van der Waals surface area (Å²) in [5.41, 5.74) is 8.39. The lowest BCUT2D eigenvalue weighted by Crippen LogP contribution is -2.02. The molecule has 0 fully saturated rings. The molecule has 2 heterocycles. The number of aromatic nitrogens is 3. The van der Waals surface area contributed by atoms with Crippen molar-refractivity contribution in [2.75, 3.05) is 0 Å². The summed E-state index contributed by atoms with van der Waals surface area (Å²) < 4.78 is 6.89. The van der Waals surface area contributed by atoms with Crippen molar-refractivity contribution in [1.82, 2.24) is 14.9 Å². The van der Waals surface area contributed by atoms with Crippen LogP contribution in [-0.2, 0) is 7.05 Å². The first-order chi connectivity index (χ1) is 7.08. The second-order valence-electron chi connectivity index (χ2n) is 3.71. The number of rotatable bonds is 2. The molecule has 2 rings (SSSR count). The molecule has 0 amide bonds. The van der Waals surface area contributed by atoms with Crippen molar-refractivity contribution in [3.05, 3.63) is 23.7 Å². The number of nitrogens with zero attached hydrogens (tertiary/aromatic N) is 3. The zero-order valence-electron chi connectivity index (χ0n) is 9.06. The average Bonchev–Trinajstić information content (AvgIpc) is 2.71. The van der Waals surface area contributed by atoms with Crippen LogP contribution in [0.15, 0.2) is 16.8 Å². The van der Waals surface area contributed by atoms with Gasteiger partial charge in [-0.15, -0.1) is 0 Å². The monoisotopic (exact) mass is 206 g/mol. The Hall–Kier alpha value is -1.62. The third-order valence-corrected chi connectivity index (χ3v) is 2.27. The average molecular weight is 206 g/mol. The Morgan fingerprint density at radius 1 is 1.53 bits per heavy atom. The highest BCUT2D eigenvalue weighted by Gasteiger charge is 2.13. The summed E-state index contributed by atoms with van der Waals surface area (Å²) in [4.78, 5) is 0. The Morgan fingerprint density at radius 2 is 2.27 bits per heavy atom. The first-order valence-electron chi connectivity index (χ1n) is 4.80. The molecule has 2 N–H and O–H groups in total. The van der Waals surface area contributed by atoms with E-state index in [0.29, 0.717) is 5.76 Å². The standard InChI is InChI=1S/C10H14N4O/c1-6(11)10-4-9(13-15-10)8-5-14(3)12-7(8)2/h4-6H,11H2,1-3H3. The molecule has 80 valence electrons. The van der Waals surface area contributed by atoms with E-state index in [1.165, 1.54) is 0 Å². The maximum absolute atomic E-state index is 5.69. The molecule has 2 aromatic heterocycles. The number of nitrogens with two attached hydrogens (primary N) is 1. The maximum atomic E-state index is 5.69. The Bertz CT molecular complexity index is 469. The van der Waals surface area contributed by atoms with Crippen molar-refractivity contribution < 1.29 is 4.52 Å². The van der Waals surface area contributed by atoms with Crippen LogP contribution in [0.25, 0.3) is 11.3 Å². The van der Waals surface area contributed by atoms with Crippen LogP contribution in [0.5, 0.6) is 0 Å². The van der Waals surface area contributed by atoms with Gasteiger partial charge in [-0.3, -0.25) is 4.68 Å². The quantitative estimate of drug-likeness (QED) is 0.806. The van der Waals surface area contributed by atoms with E-state index < -0.39 is 0 Å². The fourth-order valence-electron chi connectivity index (χ4n) is 1.48. The molecule has 0 aliphatic carbocycles. The summed E-state index contributed by atoms with van der Waals surface area (Å²) in [6, 6.07) is 1.72. The molecule has 0 bridgehead atoms. The van der Waals surface area contributed by atoms with Gasteiger partial charge in [0, 0.05) is 24.9 Å². The van der Waals surface area contributed by atoms with E-state index in [-0.39, 0.29) is 6.04 Å². The van der Waals surface area contributed by atoms with E-state index >= 15 is 0 Å². The largest absolute Gasteiger partial charge is 0.359 e. The summed E-state index contributed by atoms with van der Waals surface area (Å²) in [7, 11) is 1.88. The molecule has 1 atom stereocenters. The molecular weight excluding hydrogens is 192 g/mol. The van der Waals surface area contributed by atoms with Crippen LogP contribution >= 0.6 is 0 Å². The predicted molar refractivity (Wildman–Crippen MR) is 56.0 cm³/mol. The molecule has 15 heavy (non-hydrogen) atoms. The fourth-order valence-corrected chi connectivity index (χ4v) is 1.48. The summed E-state index contributed by atoms with van der Waals surface area (Å²) in [6.45, 7) is 3.80. The molecule has 5 nitrogen and oxygen atoms in total. The van der Waals surface area contributed by atoms with Crippen LogP contribution < -0.4 is 5.73 Å². The predicted octanol–water partition coefficient (Wildman–Crippen LogP) is 1.40. The van der Waals surface area contributed by atoms with Crippen LogP contribution in [-0.4, -0.2) is 14.9 Å². The number of hydrogen-bond acceptors (Lipinski definition) is 4. The van der Waals surface area contributed by atoms with Gasteiger partial charge in [0.05, 0.1) is 11.7 Å². The van der Waals surface area contributed by atoms with Gasteiger partial charge in [0.25, 0.3) is 0 Å². The Labute approximate surface area is 87.9 Å². The fraction of sp³-hybridized carbons (Fsp3) is 0.400. The van der Waals surface area contributed by atoms with Crippen LogP contribution in [0.2, 0.25) is 0 Å². The minimum atomic E-state index is -0.136. The highest BCUT2D eigenvalue weighted by molar-refractivity contribution is 5.60. The topological polar surface area (TPSA) is 69.9 Å². The molecule has 0 aliphatic rings. The van der Waals surface area contributed by atoms with Crippen molar-refractivity contribution in [3.63, 3.8) is 0 Å². The van der Waals surface area contributed by atoms with E-state index in [2.05, 4.69) is 10.3 Å². The Balaban J connectivity index is 2.41. The Kier molecular flexibility index (Phi) is 2.32. The van der Waals surface area contributed by atoms with Crippen molar-refractivity contribution in [2.45, 2.75) is 19.9 Å². The molecule has 1 unspecified atom stereocenters. The van der Waals surface area contributed by atoms with Gasteiger partial charge >= 0.3 is 0 Å². The maximum Gasteiger partial charge on any atom is 0.153 e. The second kappa shape index (κ2) is 3.51. The van der Waals surface area contributed by atoms with Crippen molar-refractivity contribution in [2.24, 2.45) is 12.8 Å². The molecular formula is C10H14N4O. The number of aryl methyl sites for hydroxylation is 2. The zero-order valence-corrected chi connectivity index (χ0v) is 9.06. The summed E-state index contributed by atoms with van der Waals surface area (Å²) in [5, 5.41) is 8.22. The minimum Gasteiger partial charge on any atom is -0.359 e. The van der Waals surface area contributed by atoms with E-state index in [4.69, 9.17) is 10.3 Å². The lowest BCUT2D eigenvalue weighted by Gasteiger charge is -1.94. The van der Waals surface area contributed by atoms with Gasteiger partial charge in [-0.1, -0.05) is 5.16 Å². The van der Waals surface area contributed by atoms with Gasteiger partial charge < -0.3 is 10.3 Å². The lowest BCUT2D eigenvalue weighted by atomic mass is 10.1. The first kappa shape index (κ1) is 9.92. The van der Waals surface area contributed by atoms with Crippen molar-refractivity contribution in [1.29, 1.82) is 0 Å². The van der Waals surface area contributed by atoms with Gasteiger partial charge in [0.2, 0.25) is 0 Å². The summed E-state index contributed by atoms with van der Waals surface area (Å²) in [5.74, 6) is 0.688. The number of hydrogen-bond donors (Lipinski definition) is 1. The van der Waals surface area contributed by atoms with Gasteiger partial charge in [-0.25, -0.2) is 0 Å². The van der Waals surface area contributed by atoms with Gasteiger partial charge in [0.1, 0.15) is 5.69 Å². The smallest absolute Gasteiger partial charge is 0.153 e. The minimum absolute atomic E-state index is 0.136. The van der Waals surface area contributed by atoms with Crippen LogP contribution in [0.4, 0.5) is 0 Å². The molecule has 5 heteroatoms. The summed E-state index contributed by atoms with van der Waals surface area (Å²) in [6.07, 6.45) is 1.91. The second-order valence-corrected chi connectivity index (χ2v) is 3.71. The van der Waals surface area contributed by atoms with Crippen molar-refractivity contribution in [3.8, 4) is 11.3 Å². The Morgan fingerprint density at radius 3 is 2.73 bits per heavy atom. The third kappa shape index (κ3) is 1.78. The molecule has 0 aliphatic heterocycles. The van der Waals surface area contributed by atoms with Gasteiger partial charge in [-0.2, -0.15) is 5.10 Å². The molecule has 0 spiro atoms. The van der Waals surface area contributed by atoms with E-state index in [1.807, 2.05) is 33.2 Å². The highest BCUT2D eigenvalue weighted by Crippen LogP contribution is 2.23. The van der Waals surface area contributed by atoms with Crippen LogP contribution in [0.3, 0.4) is 0 Å². The first-order valence-corrected chi connectivity index (χ1v) is 4.80. The van der Waals surface area contributed by atoms with E-state index in [0.717, 1.165) is 17.0 Å². The molecule has 0 radical (unpaired) electrons. The normalized spacial score (nSPS) is 13.1. The van der Waals surface area contributed by atoms with E-state index in [1.54, 1.807) is 4.68 Å². The van der Waals surface area contributed by atoms with Crippen molar-refractivity contribution >= 4 is 0 Å².